The van der Waals surface area contributed by atoms with Crippen LogP contribution in [0.15, 0.2) is 24.3 Å². The fourth-order valence-corrected chi connectivity index (χ4v) is 1.32. The highest BCUT2D eigenvalue weighted by Crippen LogP contribution is 2.22. The fraction of sp³-hybridized carbons (Fsp3) is 0.500. The van der Waals surface area contributed by atoms with Crippen molar-refractivity contribution in [3.8, 4) is 5.75 Å². The molecule has 0 radical (unpaired) electrons. The zero-order chi connectivity index (χ0) is 10.4. The average Bonchev–Trinajstić information content (AvgIpc) is 2.25. The van der Waals surface area contributed by atoms with E-state index in [0.717, 1.165) is 12.2 Å². The minimum absolute atomic E-state index is 0.563. The van der Waals surface area contributed by atoms with Gasteiger partial charge in [0, 0.05) is 6.54 Å². The van der Waals surface area contributed by atoms with Gasteiger partial charge < -0.3 is 10.5 Å². The fourth-order valence-electron chi connectivity index (χ4n) is 1.32. The molecular formula is C12H19NO. The van der Waals surface area contributed by atoms with Crippen LogP contribution >= 0.6 is 0 Å². The van der Waals surface area contributed by atoms with E-state index in [-0.39, 0.29) is 0 Å². The van der Waals surface area contributed by atoms with Crippen molar-refractivity contribution in [2.45, 2.75) is 26.2 Å². The number of hydrogen-bond donors (Lipinski definition) is 1. The zero-order valence-electron chi connectivity index (χ0n) is 8.99. The molecule has 0 aliphatic rings. The van der Waals surface area contributed by atoms with Gasteiger partial charge in [0.1, 0.15) is 12.4 Å². The lowest BCUT2D eigenvalue weighted by atomic mass is 9.99. The molecule has 1 aromatic rings. The van der Waals surface area contributed by atoms with Gasteiger partial charge in [0.2, 0.25) is 0 Å². The van der Waals surface area contributed by atoms with Crippen LogP contribution in [0.2, 0.25) is 0 Å². The van der Waals surface area contributed by atoms with E-state index in [2.05, 4.69) is 26.0 Å². The Labute approximate surface area is 86.1 Å². The molecule has 0 aliphatic heterocycles. The molecule has 0 amide bonds. The topological polar surface area (TPSA) is 35.2 Å². The molecule has 0 saturated heterocycles. The summed E-state index contributed by atoms with van der Waals surface area (Å²) in [6.45, 7) is 5.57. The van der Waals surface area contributed by atoms with Crippen LogP contribution in [0.1, 0.15) is 31.7 Å². The predicted octanol–water partition coefficient (Wildman–Crippen LogP) is 2.54. The van der Waals surface area contributed by atoms with E-state index in [0.29, 0.717) is 19.1 Å². The summed E-state index contributed by atoms with van der Waals surface area (Å²) in [4.78, 5) is 0. The van der Waals surface area contributed by atoms with Gasteiger partial charge in [0.05, 0.1) is 0 Å². The van der Waals surface area contributed by atoms with Crippen molar-refractivity contribution in [2.75, 3.05) is 13.2 Å². The first-order chi connectivity index (χ1) is 6.77. The first kappa shape index (κ1) is 11.1. The number of hydrogen-bond acceptors (Lipinski definition) is 2. The van der Waals surface area contributed by atoms with E-state index in [4.69, 9.17) is 10.5 Å². The molecule has 1 unspecified atom stereocenters. The first-order valence-electron chi connectivity index (χ1n) is 5.20. The van der Waals surface area contributed by atoms with Gasteiger partial charge in [-0.1, -0.05) is 26.0 Å². The van der Waals surface area contributed by atoms with Crippen LogP contribution < -0.4 is 10.5 Å². The van der Waals surface area contributed by atoms with Crippen LogP contribution in [-0.4, -0.2) is 13.2 Å². The van der Waals surface area contributed by atoms with E-state index in [1.54, 1.807) is 0 Å². The summed E-state index contributed by atoms with van der Waals surface area (Å²) in [5.41, 5.74) is 6.71. The number of benzene rings is 1. The van der Waals surface area contributed by atoms with E-state index in [1.807, 2.05) is 12.1 Å². The smallest absolute Gasteiger partial charge is 0.119 e. The zero-order valence-corrected chi connectivity index (χ0v) is 8.99. The van der Waals surface area contributed by atoms with Crippen molar-refractivity contribution in [3.05, 3.63) is 29.8 Å². The van der Waals surface area contributed by atoms with Gasteiger partial charge in [-0.2, -0.15) is 0 Å². The molecule has 0 saturated carbocycles. The minimum Gasteiger partial charge on any atom is -0.492 e. The number of rotatable bonds is 5. The van der Waals surface area contributed by atoms with Crippen LogP contribution in [0.25, 0.3) is 0 Å². The van der Waals surface area contributed by atoms with Gasteiger partial charge >= 0.3 is 0 Å². The minimum atomic E-state index is 0.563. The lowest BCUT2D eigenvalue weighted by Crippen LogP contribution is -2.10. The Morgan fingerprint density at radius 1 is 1.43 bits per heavy atom. The summed E-state index contributed by atoms with van der Waals surface area (Å²) < 4.78 is 5.47. The highest BCUT2D eigenvalue weighted by molar-refractivity contribution is 5.30. The van der Waals surface area contributed by atoms with Crippen LogP contribution in [0.4, 0.5) is 0 Å². The second-order valence-electron chi connectivity index (χ2n) is 3.52. The summed E-state index contributed by atoms with van der Waals surface area (Å²) in [6, 6.07) is 8.25. The Bertz CT molecular complexity index is 273. The first-order valence-corrected chi connectivity index (χ1v) is 5.20. The van der Waals surface area contributed by atoms with Gasteiger partial charge in [-0.05, 0) is 30.0 Å². The summed E-state index contributed by atoms with van der Waals surface area (Å²) in [5, 5.41) is 0. The maximum absolute atomic E-state index is 5.47. The normalized spacial score (nSPS) is 12.5. The largest absolute Gasteiger partial charge is 0.492 e. The third-order valence-corrected chi connectivity index (χ3v) is 2.43. The lowest BCUT2D eigenvalue weighted by molar-refractivity contribution is 0.328. The molecule has 1 aromatic carbocycles. The molecule has 0 aliphatic carbocycles. The molecular weight excluding hydrogens is 174 g/mol. The number of nitrogens with two attached hydrogens (primary N) is 1. The van der Waals surface area contributed by atoms with Gasteiger partial charge in [-0.15, -0.1) is 0 Å². The quantitative estimate of drug-likeness (QED) is 0.780. The number of ether oxygens (including phenoxy) is 1. The SMILES string of the molecule is CCC(C)c1cccc(OCCN)c1. The van der Waals surface area contributed by atoms with Crippen molar-refractivity contribution in [2.24, 2.45) is 5.73 Å². The van der Waals surface area contributed by atoms with Crippen LogP contribution in [0.5, 0.6) is 5.75 Å². The van der Waals surface area contributed by atoms with E-state index < -0.39 is 0 Å². The van der Waals surface area contributed by atoms with Crippen molar-refractivity contribution >= 4 is 0 Å². The van der Waals surface area contributed by atoms with E-state index in [9.17, 15) is 0 Å². The standard InChI is InChI=1S/C12H19NO/c1-3-10(2)11-5-4-6-12(9-11)14-8-7-13/h4-6,9-10H,3,7-8,13H2,1-2H3. The molecule has 0 aromatic heterocycles. The molecule has 1 rings (SSSR count). The summed E-state index contributed by atoms with van der Waals surface area (Å²) in [7, 11) is 0. The second kappa shape index (κ2) is 5.66. The van der Waals surface area contributed by atoms with Gasteiger partial charge in [0.25, 0.3) is 0 Å². The Morgan fingerprint density at radius 3 is 2.86 bits per heavy atom. The summed E-state index contributed by atoms with van der Waals surface area (Å²) in [6.07, 6.45) is 1.15. The predicted molar refractivity (Wildman–Crippen MR) is 59.7 cm³/mol. The van der Waals surface area contributed by atoms with Gasteiger partial charge in [0.15, 0.2) is 0 Å². The van der Waals surface area contributed by atoms with Crippen LogP contribution in [0, 0.1) is 0 Å². The van der Waals surface area contributed by atoms with Crippen LogP contribution in [-0.2, 0) is 0 Å². The Balaban J connectivity index is 2.68. The molecule has 2 N–H and O–H groups in total. The van der Waals surface area contributed by atoms with E-state index >= 15 is 0 Å². The molecule has 14 heavy (non-hydrogen) atoms. The van der Waals surface area contributed by atoms with Gasteiger partial charge in [-0.3, -0.25) is 0 Å². The monoisotopic (exact) mass is 193 g/mol. The highest BCUT2D eigenvalue weighted by Gasteiger charge is 2.03. The Hall–Kier alpha value is -1.02. The molecule has 0 heterocycles. The highest BCUT2D eigenvalue weighted by atomic mass is 16.5. The van der Waals surface area contributed by atoms with Gasteiger partial charge in [-0.25, -0.2) is 0 Å². The Kier molecular flexibility index (Phi) is 4.47. The molecule has 0 spiro atoms. The third-order valence-electron chi connectivity index (χ3n) is 2.43. The maximum atomic E-state index is 5.47. The molecule has 1 atom stereocenters. The molecule has 78 valence electrons. The summed E-state index contributed by atoms with van der Waals surface area (Å²) >= 11 is 0. The Morgan fingerprint density at radius 2 is 2.21 bits per heavy atom. The van der Waals surface area contributed by atoms with Crippen molar-refractivity contribution in [1.29, 1.82) is 0 Å². The van der Waals surface area contributed by atoms with Crippen molar-refractivity contribution in [3.63, 3.8) is 0 Å². The average molecular weight is 193 g/mol. The van der Waals surface area contributed by atoms with E-state index in [1.165, 1.54) is 5.56 Å². The summed E-state index contributed by atoms with van der Waals surface area (Å²) in [5.74, 6) is 1.52. The molecule has 2 heteroatoms. The molecule has 0 bridgehead atoms. The van der Waals surface area contributed by atoms with Crippen molar-refractivity contribution in [1.82, 2.24) is 0 Å². The third kappa shape index (κ3) is 3.04. The lowest BCUT2D eigenvalue weighted by Gasteiger charge is -2.11. The van der Waals surface area contributed by atoms with Crippen LogP contribution in [0.3, 0.4) is 0 Å². The second-order valence-corrected chi connectivity index (χ2v) is 3.52. The molecule has 2 nitrogen and oxygen atoms in total. The maximum Gasteiger partial charge on any atom is 0.119 e. The molecule has 0 fully saturated rings. The van der Waals surface area contributed by atoms with Crippen molar-refractivity contribution < 1.29 is 4.74 Å².